The fourth-order valence-corrected chi connectivity index (χ4v) is 2.21. The molecule has 0 radical (unpaired) electrons. The molecule has 1 aliphatic rings. The van der Waals surface area contributed by atoms with E-state index in [2.05, 4.69) is 5.32 Å². The minimum absolute atomic E-state index is 0.000324. The molecule has 0 spiro atoms. The van der Waals surface area contributed by atoms with Gasteiger partial charge in [-0.05, 0) is 19.3 Å². The Morgan fingerprint density at radius 2 is 1.94 bits per heavy atom. The van der Waals surface area contributed by atoms with Crippen LogP contribution in [0.1, 0.15) is 34.1 Å². The van der Waals surface area contributed by atoms with Crippen molar-refractivity contribution >= 4 is 11.8 Å². The van der Waals surface area contributed by atoms with Gasteiger partial charge >= 0.3 is 0 Å². The molecule has 0 aliphatic carbocycles. The Morgan fingerprint density at radius 3 is 2.39 bits per heavy atom. The number of amides is 2. The van der Waals surface area contributed by atoms with Gasteiger partial charge in [-0.2, -0.15) is 0 Å². The largest absolute Gasteiger partial charge is 0.380 e. The molecule has 0 aromatic rings. The van der Waals surface area contributed by atoms with Crippen molar-refractivity contribution in [3.8, 4) is 0 Å². The normalized spacial score (nSPS) is 26.4. The van der Waals surface area contributed by atoms with E-state index in [1.54, 1.807) is 12.0 Å². The molecule has 1 saturated heterocycles. The Kier molecular flexibility index (Phi) is 5.14. The number of hydrogen-bond acceptors (Lipinski definition) is 3. The van der Waals surface area contributed by atoms with Gasteiger partial charge in [-0.15, -0.1) is 0 Å². The predicted molar refractivity (Wildman–Crippen MR) is 69.0 cm³/mol. The van der Waals surface area contributed by atoms with Crippen molar-refractivity contribution in [2.24, 2.45) is 5.92 Å². The minimum Gasteiger partial charge on any atom is -0.380 e. The molecule has 0 aromatic carbocycles. The van der Waals surface area contributed by atoms with E-state index in [1.165, 1.54) is 0 Å². The predicted octanol–water partition coefficient (Wildman–Crippen LogP) is 0.783. The van der Waals surface area contributed by atoms with Crippen LogP contribution >= 0.6 is 0 Å². The van der Waals surface area contributed by atoms with Gasteiger partial charge in [0.1, 0.15) is 12.1 Å². The third-order valence-corrected chi connectivity index (χ3v) is 3.44. The van der Waals surface area contributed by atoms with Crippen LogP contribution in [0, 0.1) is 5.92 Å². The molecule has 1 aliphatic heterocycles. The summed E-state index contributed by atoms with van der Waals surface area (Å²) in [5, 5.41) is 2.82. The molecule has 18 heavy (non-hydrogen) atoms. The summed E-state index contributed by atoms with van der Waals surface area (Å²) >= 11 is 0. The van der Waals surface area contributed by atoms with E-state index in [1.807, 2.05) is 27.7 Å². The maximum absolute atomic E-state index is 12.4. The van der Waals surface area contributed by atoms with Gasteiger partial charge in [-0.1, -0.05) is 20.8 Å². The highest BCUT2D eigenvalue weighted by Crippen LogP contribution is 2.18. The minimum atomic E-state index is -0.413. The van der Waals surface area contributed by atoms with Crippen molar-refractivity contribution < 1.29 is 14.3 Å². The highest BCUT2D eigenvalue weighted by Gasteiger charge is 2.41. The lowest BCUT2D eigenvalue weighted by atomic mass is 9.96. The fourth-order valence-electron chi connectivity index (χ4n) is 2.21. The summed E-state index contributed by atoms with van der Waals surface area (Å²) in [5.74, 6) is 0.0408. The summed E-state index contributed by atoms with van der Waals surface area (Å²) in [6.45, 7) is 8.15. The van der Waals surface area contributed by atoms with Gasteiger partial charge in [0, 0.05) is 13.7 Å². The maximum Gasteiger partial charge on any atom is 0.246 e. The second-order valence-corrected chi connectivity index (χ2v) is 5.19. The molecule has 5 nitrogen and oxygen atoms in total. The first-order valence-corrected chi connectivity index (χ1v) is 6.56. The number of piperazine rings is 1. The Balaban J connectivity index is 2.91. The molecule has 1 heterocycles. The summed E-state index contributed by atoms with van der Waals surface area (Å²) < 4.78 is 5.20. The van der Waals surface area contributed by atoms with Crippen LogP contribution in [0.15, 0.2) is 0 Å². The molecular formula is C13H24N2O3. The molecule has 104 valence electrons. The molecule has 5 heteroatoms. The summed E-state index contributed by atoms with van der Waals surface area (Å²) in [5.41, 5.74) is 0. The standard InChI is InChI=1S/C13H24N2O3/c1-6-10-12(16)14-11(8(2)3)13(17)15(10)7-9(4)18-5/h8-11H,6-7H2,1-5H3,(H,14,16). The van der Waals surface area contributed by atoms with Crippen molar-refractivity contribution in [2.45, 2.75) is 52.3 Å². The van der Waals surface area contributed by atoms with Crippen LogP contribution in [0.2, 0.25) is 0 Å². The summed E-state index contributed by atoms with van der Waals surface area (Å²) in [6, 6.07) is -0.783. The van der Waals surface area contributed by atoms with E-state index < -0.39 is 6.04 Å². The van der Waals surface area contributed by atoms with Crippen molar-refractivity contribution in [1.29, 1.82) is 0 Å². The lowest BCUT2D eigenvalue weighted by molar-refractivity contribution is -0.152. The Morgan fingerprint density at radius 1 is 1.33 bits per heavy atom. The van der Waals surface area contributed by atoms with Crippen LogP contribution in [0.5, 0.6) is 0 Å². The fraction of sp³-hybridized carbons (Fsp3) is 0.846. The number of nitrogens with one attached hydrogen (secondary N) is 1. The van der Waals surface area contributed by atoms with Gasteiger partial charge in [-0.3, -0.25) is 9.59 Å². The topological polar surface area (TPSA) is 58.6 Å². The number of ether oxygens (including phenoxy) is 1. The molecule has 1 N–H and O–H groups in total. The second-order valence-electron chi connectivity index (χ2n) is 5.19. The van der Waals surface area contributed by atoms with E-state index in [0.29, 0.717) is 13.0 Å². The zero-order chi connectivity index (χ0) is 13.9. The SMILES string of the molecule is CCC1C(=O)NC(C(C)C)C(=O)N1CC(C)OC. The van der Waals surface area contributed by atoms with Gasteiger partial charge in [0.15, 0.2) is 0 Å². The summed E-state index contributed by atoms with van der Waals surface area (Å²) in [7, 11) is 1.61. The van der Waals surface area contributed by atoms with Crippen molar-refractivity contribution in [3.05, 3.63) is 0 Å². The van der Waals surface area contributed by atoms with Crippen LogP contribution in [-0.2, 0) is 14.3 Å². The number of carbonyl (C=O) groups excluding carboxylic acids is 2. The van der Waals surface area contributed by atoms with Crippen LogP contribution < -0.4 is 5.32 Å². The molecule has 0 aromatic heterocycles. The van der Waals surface area contributed by atoms with Crippen molar-refractivity contribution in [1.82, 2.24) is 10.2 Å². The van der Waals surface area contributed by atoms with Gasteiger partial charge < -0.3 is 15.0 Å². The monoisotopic (exact) mass is 256 g/mol. The van der Waals surface area contributed by atoms with Crippen molar-refractivity contribution in [2.75, 3.05) is 13.7 Å². The van der Waals surface area contributed by atoms with Gasteiger partial charge in [-0.25, -0.2) is 0 Å². The zero-order valence-electron chi connectivity index (χ0n) is 11.9. The lowest BCUT2D eigenvalue weighted by Crippen LogP contribution is -2.65. The first-order chi connectivity index (χ1) is 8.42. The quantitative estimate of drug-likeness (QED) is 0.791. The van der Waals surface area contributed by atoms with E-state index in [9.17, 15) is 9.59 Å². The van der Waals surface area contributed by atoms with Crippen molar-refractivity contribution in [3.63, 3.8) is 0 Å². The number of nitrogens with zero attached hydrogens (tertiary/aromatic N) is 1. The highest BCUT2D eigenvalue weighted by molar-refractivity contribution is 5.97. The molecule has 1 rings (SSSR count). The van der Waals surface area contributed by atoms with E-state index in [4.69, 9.17) is 4.74 Å². The Bertz CT molecular complexity index is 317. The zero-order valence-corrected chi connectivity index (χ0v) is 11.9. The molecule has 3 atom stereocenters. The Hall–Kier alpha value is -1.10. The number of rotatable bonds is 5. The molecule has 3 unspecified atom stereocenters. The van der Waals surface area contributed by atoms with E-state index in [0.717, 1.165) is 0 Å². The number of carbonyl (C=O) groups is 2. The molecule has 1 fully saturated rings. The first-order valence-electron chi connectivity index (χ1n) is 6.56. The third kappa shape index (κ3) is 3.02. The average Bonchev–Trinajstić information content (AvgIpc) is 2.33. The van der Waals surface area contributed by atoms with Gasteiger partial charge in [0.05, 0.1) is 6.10 Å². The summed E-state index contributed by atoms with van der Waals surface area (Å²) in [6.07, 6.45) is 0.556. The van der Waals surface area contributed by atoms with Crippen LogP contribution in [0.4, 0.5) is 0 Å². The lowest BCUT2D eigenvalue weighted by Gasteiger charge is -2.40. The molecule has 0 saturated carbocycles. The molecule has 2 amide bonds. The number of methoxy groups -OCH3 is 1. The second kappa shape index (κ2) is 6.18. The van der Waals surface area contributed by atoms with E-state index in [-0.39, 0.29) is 29.9 Å². The molecular weight excluding hydrogens is 232 g/mol. The maximum atomic E-state index is 12.4. The van der Waals surface area contributed by atoms with Gasteiger partial charge in [0.25, 0.3) is 0 Å². The average molecular weight is 256 g/mol. The number of hydrogen-bond donors (Lipinski definition) is 1. The highest BCUT2D eigenvalue weighted by atomic mass is 16.5. The summed E-state index contributed by atoms with van der Waals surface area (Å²) in [4.78, 5) is 26.1. The third-order valence-electron chi connectivity index (χ3n) is 3.44. The smallest absolute Gasteiger partial charge is 0.246 e. The molecule has 0 bridgehead atoms. The van der Waals surface area contributed by atoms with Crippen LogP contribution in [0.3, 0.4) is 0 Å². The van der Waals surface area contributed by atoms with Crippen LogP contribution in [-0.4, -0.2) is 48.6 Å². The van der Waals surface area contributed by atoms with Crippen LogP contribution in [0.25, 0.3) is 0 Å². The van der Waals surface area contributed by atoms with E-state index >= 15 is 0 Å². The Labute approximate surface area is 109 Å². The first kappa shape index (κ1) is 15.0. The van der Waals surface area contributed by atoms with Gasteiger partial charge in [0.2, 0.25) is 11.8 Å².